The van der Waals surface area contributed by atoms with Crippen molar-refractivity contribution < 1.29 is 4.74 Å². The summed E-state index contributed by atoms with van der Waals surface area (Å²) >= 11 is 0. The molecule has 1 aliphatic heterocycles. The molecule has 1 heterocycles. The average Bonchev–Trinajstić information content (AvgIpc) is 2.97. The van der Waals surface area contributed by atoms with E-state index in [4.69, 9.17) is 4.74 Å². The average molecular weight is 290 g/mol. The number of benzene rings is 1. The number of nitrogens with one attached hydrogen (secondary N) is 1. The van der Waals surface area contributed by atoms with Gasteiger partial charge in [0.1, 0.15) is 12.4 Å². The van der Waals surface area contributed by atoms with Crippen LogP contribution in [0.15, 0.2) is 18.2 Å². The van der Waals surface area contributed by atoms with Crippen molar-refractivity contribution >= 4 is 0 Å². The van der Waals surface area contributed by atoms with Gasteiger partial charge in [-0.2, -0.15) is 0 Å². The van der Waals surface area contributed by atoms with Gasteiger partial charge in [0, 0.05) is 19.1 Å². The molecule has 1 saturated heterocycles. The van der Waals surface area contributed by atoms with Crippen LogP contribution in [0.2, 0.25) is 0 Å². The quantitative estimate of drug-likeness (QED) is 0.834. The maximum absolute atomic E-state index is 5.95. The Kier molecular flexibility index (Phi) is 6.07. The van der Waals surface area contributed by atoms with Crippen molar-refractivity contribution in [3.63, 3.8) is 0 Å². The van der Waals surface area contributed by atoms with Gasteiger partial charge in [0.15, 0.2) is 0 Å². The number of hydrogen-bond acceptors (Lipinski definition) is 3. The fourth-order valence-electron chi connectivity index (χ4n) is 3.22. The summed E-state index contributed by atoms with van der Waals surface area (Å²) in [5.74, 6) is 1.57. The van der Waals surface area contributed by atoms with Crippen LogP contribution in [0.1, 0.15) is 44.2 Å². The van der Waals surface area contributed by atoms with E-state index in [0.717, 1.165) is 38.5 Å². The Morgan fingerprint density at radius 1 is 1.38 bits per heavy atom. The van der Waals surface area contributed by atoms with E-state index in [9.17, 15) is 0 Å². The maximum atomic E-state index is 5.95. The first-order valence-electron chi connectivity index (χ1n) is 8.30. The fourth-order valence-corrected chi connectivity index (χ4v) is 3.22. The van der Waals surface area contributed by atoms with Crippen molar-refractivity contribution in [3.05, 3.63) is 29.3 Å². The molecule has 3 nitrogen and oxygen atoms in total. The molecule has 1 fully saturated rings. The lowest BCUT2D eigenvalue weighted by Crippen LogP contribution is -2.39. The largest absolute Gasteiger partial charge is 0.492 e. The first-order chi connectivity index (χ1) is 10.1. The second kappa shape index (κ2) is 7.81. The van der Waals surface area contributed by atoms with Crippen LogP contribution in [0.3, 0.4) is 0 Å². The van der Waals surface area contributed by atoms with Gasteiger partial charge in [0.25, 0.3) is 0 Å². The Morgan fingerprint density at radius 3 is 2.76 bits per heavy atom. The van der Waals surface area contributed by atoms with Gasteiger partial charge >= 0.3 is 0 Å². The Balaban J connectivity index is 1.83. The number of rotatable bonds is 7. The molecule has 3 heteroatoms. The molecule has 118 valence electrons. The smallest absolute Gasteiger partial charge is 0.119 e. The van der Waals surface area contributed by atoms with Crippen molar-refractivity contribution in [2.75, 3.05) is 32.8 Å². The van der Waals surface area contributed by atoms with Crippen LogP contribution in [0.5, 0.6) is 5.75 Å². The molecule has 0 amide bonds. The molecule has 1 aromatic rings. The molecule has 1 N–H and O–H groups in total. The Hall–Kier alpha value is -1.06. The maximum Gasteiger partial charge on any atom is 0.119 e. The second-order valence-electron chi connectivity index (χ2n) is 6.30. The normalized spacial score (nSPS) is 18.7. The van der Waals surface area contributed by atoms with Gasteiger partial charge in [0.2, 0.25) is 0 Å². The van der Waals surface area contributed by atoms with Crippen molar-refractivity contribution in [1.82, 2.24) is 10.2 Å². The summed E-state index contributed by atoms with van der Waals surface area (Å²) < 4.78 is 5.95. The van der Waals surface area contributed by atoms with E-state index >= 15 is 0 Å². The third kappa shape index (κ3) is 4.45. The van der Waals surface area contributed by atoms with Gasteiger partial charge in [-0.25, -0.2) is 0 Å². The summed E-state index contributed by atoms with van der Waals surface area (Å²) in [5, 5.41) is 3.44. The lowest BCUT2D eigenvalue weighted by Gasteiger charge is -2.26. The number of hydrogen-bond donors (Lipinski definition) is 1. The van der Waals surface area contributed by atoms with Crippen LogP contribution < -0.4 is 10.1 Å². The van der Waals surface area contributed by atoms with Crippen LogP contribution in [0.25, 0.3) is 0 Å². The monoisotopic (exact) mass is 290 g/mol. The lowest BCUT2D eigenvalue weighted by molar-refractivity contribution is 0.174. The van der Waals surface area contributed by atoms with E-state index in [1.165, 1.54) is 17.5 Å². The van der Waals surface area contributed by atoms with Gasteiger partial charge in [-0.3, -0.25) is 4.90 Å². The molecule has 1 atom stereocenters. The molecule has 0 aliphatic carbocycles. The topological polar surface area (TPSA) is 24.5 Å². The Bertz CT molecular complexity index is 439. The standard InChI is InChI=1S/C18H30N2O/c1-5-20(16-8-9-19-13-16)10-11-21-17-6-7-18(14(2)3)15(4)12-17/h6-7,12,14,16,19H,5,8-11,13H2,1-4H3. The second-order valence-corrected chi connectivity index (χ2v) is 6.30. The minimum atomic E-state index is 0.574. The van der Waals surface area contributed by atoms with E-state index < -0.39 is 0 Å². The fraction of sp³-hybridized carbons (Fsp3) is 0.667. The molecule has 1 unspecified atom stereocenters. The van der Waals surface area contributed by atoms with Gasteiger partial charge in [-0.05, 0) is 55.6 Å². The van der Waals surface area contributed by atoms with E-state index in [2.05, 4.69) is 56.1 Å². The summed E-state index contributed by atoms with van der Waals surface area (Å²) in [5.41, 5.74) is 2.74. The van der Waals surface area contributed by atoms with Gasteiger partial charge in [-0.1, -0.05) is 26.8 Å². The molecule has 1 aliphatic rings. The van der Waals surface area contributed by atoms with Gasteiger partial charge in [-0.15, -0.1) is 0 Å². The van der Waals surface area contributed by atoms with Crippen LogP contribution in [-0.2, 0) is 0 Å². The first-order valence-corrected chi connectivity index (χ1v) is 8.30. The first kappa shape index (κ1) is 16.3. The number of aryl methyl sites for hydroxylation is 1. The summed E-state index contributed by atoms with van der Waals surface area (Å²) in [7, 11) is 0. The lowest BCUT2D eigenvalue weighted by atomic mass is 9.98. The third-order valence-corrected chi connectivity index (χ3v) is 4.47. The van der Waals surface area contributed by atoms with E-state index in [1.807, 2.05) is 0 Å². The minimum absolute atomic E-state index is 0.574. The molecule has 1 aromatic carbocycles. The van der Waals surface area contributed by atoms with Crippen LogP contribution >= 0.6 is 0 Å². The zero-order chi connectivity index (χ0) is 15.2. The summed E-state index contributed by atoms with van der Waals surface area (Å²) in [6, 6.07) is 7.16. The highest BCUT2D eigenvalue weighted by Gasteiger charge is 2.20. The SMILES string of the molecule is CCN(CCOc1ccc(C(C)C)c(C)c1)C1CCNC1. The summed E-state index contributed by atoms with van der Waals surface area (Å²) in [4.78, 5) is 2.52. The molecule has 0 radical (unpaired) electrons. The minimum Gasteiger partial charge on any atom is -0.492 e. The van der Waals surface area contributed by atoms with Gasteiger partial charge in [0.05, 0.1) is 0 Å². The molecular weight excluding hydrogens is 260 g/mol. The highest BCUT2D eigenvalue weighted by atomic mass is 16.5. The van der Waals surface area contributed by atoms with Crippen LogP contribution in [0.4, 0.5) is 0 Å². The molecule has 0 aromatic heterocycles. The van der Waals surface area contributed by atoms with Crippen molar-refractivity contribution in [2.45, 2.75) is 46.1 Å². The number of likely N-dealkylation sites (N-methyl/N-ethyl adjacent to an activating group) is 1. The molecule has 0 spiro atoms. The van der Waals surface area contributed by atoms with Crippen LogP contribution in [0, 0.1) is 6.92 Å². The zero-order valence-corrected chi connectivity index (χ0v) is 14.0. The van der Waals surface area contributed by atoms with Crippen molar-refractivity contribution in [3.8, 4) is 5.75 Å². The summed E-state index contributed by atoms with van der Waals surface area (Å²) in [6.07, 6.45) is 1.26. The molecule has 0 bridgehead atoms. The highest BCUT2D eigenvalue weighted by Crippen LogP contribution is 2.23. The van der Waals surface area contributed by atoms with E-state index in [0.29, 0.717) is 12.0 Å². The van der Waals surface area contributed by atoms with Crippen molar-refractivity contribution in [1.29, 1.82) is 0 Å². The molecular formula is C18H30N2O. The Labute approximate surface area is 129 Å². The van der Waals surface area contributed by atoms with Crippen LogP contribution in [-0.4, -0.2) is 43.7 Å². The molecule has 0 saturated carbocycles. The predicted octanol–water partition coefficient (Wildman–Crippen LogP) is 3.18. The Morgan fingerprint density at radius 2 is 2.19 bits per heavy atom. The number of nitrogens with zero attached hydrogens (tertiary/aromatic N) is 1. The third-order valence-electron chi connectivity index (χ3n) is 4.47. The molecule has 2 rings (SSSR count). The number of ether oxygens (including phenoxy) is 1. The molecule has 21 heavy (non-hydrogen) atoms. The highest BCUT2D eigenvalue weighted by molar-refractivity contribution is 5.36. The zero-order valence-electron chi connectivity index (χ0n) is 14.0. The van der Waals surface area contributed by atoms with E-state index in [1.54, 1.807) is 0 Å². The summed E-state index contributed by atoms with van der Waals surface area (Å²) in [6.45, 7) is 14.0. The van der Waals surface area contributed by atoms with Gasteiger partial charge < -0.3 is 10.1 Å². The van der Waals surface area contributed by atoms with Crippen molar-refractivity contribution in [2.24, 2.45) is 0 Å². The predicted molar refractivity (Wildman–Crippen MR) is 89.3 cm³/mol. The van der Waals surface area contributed by atoms with E-state index in [-0.39, 0.29) is 0 Å².